The maximum Gasteiger partial charge on any atom is 0.0726 e. The van der Waals surface area contributed by atoms with Crippen LogP contribution in [0.4, 0.5) is 5.69 Å². The molecule has 19 heavy (non-hydrogen) atoms. The minimum Gasteiger partial charge on any atom is -0.383 e. The third-order valence-electron chi connectivity index (χ3n) is 3.78. The van der Waals surface area contributed by atoms with E-state index in [0.29, 0.717) is 0 Å². The minimum atomic E-state index is 0.728. The number of nitrogens with one attached hydrogen (secondary N) is 1. The van der Waals surface area contributed by atoms with Gasteiger partial charge in [-0.1, -0.05) is 18.2 Å². The molecule has 3 heteroatoms. The van der Waals surface area contributed by atoms with Gasteiger partial charge in [-0.2, -0.15) is 0 Å². The summed E-state index contributed by atoms with van der Waals surface area (Å²) in [7, 11) is 1.74. The summed E-state index contributed by atoms with van der Waals surface area (Å²) in [6.45, 7) is 1.57. The van der Waals surface area contributed by atoms with E-state index in [2.05, 4.69) is 29.6 Å². The lowest BCUT2D eigenvalue weighted by Crippen LogP contribution is -2.14. The van der Waals surface area contributed by atoms with Gasteiger partial charge in [0.1, 0.15) is 0 Å². The third kappa shape index (κ3) is 2.43. The van der Waals surface area contributed by atoms with Crippen molar-refractivity contribution in [3.05, 3.63) is 35.5 Å². The average molecular weight is 256 g/mol. The van der Waals surface area contributed by atoms with E-state index in [0.717, 1.165) is 31.5 Å². The van der Waals surface area contributed by atoms with Crippen LogP contribution in [0.2, 0.25) is 0 Å². The van der Waals surface area contributed by atoms with Gasteiger partial charge in [0.15, 0.2) is 0 Å². The van der Waals surface area contributed by atoms with E-state index >= 15 is 0 Å². The van der Waals surface area contributed by atoms with Crippen LogP contribution < -0.4 is 5.32 Å². The molecular weight excluding hydrogens is 236 g/mol. The molecule has 0 amide bonds. The Morgan fingerprint density at radius 3 is 2.95 bits per heavy atom. The first kappa shape index (κ1) is 12.4. The fraction of sp³-hybridized carbons (Fsp3) is 0.438. The van der Waals surface area contributed by atoms with E-state index in [4.69, 9.17) is 9.72 Å². The molecule has 1 aliphatic rings. The Kier molecular flexibility index (Phi) is 3.65. The molecule has 1 N–H and O–H groups in total. The van der Waals surface area contributed by atoms with E-state index in [1.165, 1.54) is 35.2 Å². The molecule has 2 aromatic rings. The van der Waals surface area contributed by atoms with Crippen molar-refractivity contribution in [1.29, 1.82) is 0 Å². The number of pyridine rings is 1. The standard InChI is InChI=1S/C16H20N2O/c1-19-11-10-17-16-12-6-2-4-8-14(12)18-15-9-5-3-7-13(15)16/h2,4,6,8H,3,5,7,9-11H2,1H3,(H,17,18). The molecule has 3 rings (SSSR count). The molecule has 0 fully saturated rings. The van der Waals surface area contributed by atoms with Crippen molar-refractivity contribution in [2.45, 2.75) is 25.7 Å². The summed E-state index contributed by atoms with van der Waals surface area (Å²) in [5, 5.41) is 4.79. The zero-order chi connectivity index (χ0) is 13.1. The molecule has 0 bridgehead atoms. The summed E-state index contributed by atoms with van der Waals surface area (Å²) in [4.78, 5) is 4.83. The van der Waals surface area contributed by atoms with Gasteiger partial charge in [-0.3, -0.25) is 4.98 Å². The highest BCUT2D eigenvalue weighted by atomic mass is 16.5. The summed E-state index contributed by atoms with van der Waals surface area (Å²) >= 11 is 0. The van der Waals surface area contributed by atoms with E-state index < -0.39 is 0 Å². The van der Waals surface area contributed by atoms with Crippen LogP contribution in [0.3, 0.4) is 0 Å². The zero-order valence-corrected chi connectivity index (χ0v) is 11.4. The lowest BCUT2D eigenvalue weighted by Gasteiger charge is -2.21. The maximum atomic E-state index is 5.14. The molecule has 1 aliphatic carbocycles. The first-order valence-electron chi connectivity index (χ1n) is 7.03. The maximum absolute atomic E-state index is 5.14. The van der Waals surface area contributed by atoms with Crippen LogP contribution in [0.5, 0.6) is 0 Å². The molecule has 0 unspecified atom stereocenters. The Balaban J connectivity index is 2.08. The number of ether oxygens (including phenoxy) is 1. The van der Waals surface area contributed by atoms with Gasteiger partial charge in [-0.25, -0.2) is 0 Å². The van der Waals surface area contributed by atoms with Gasteiger partial charge in [0.25, 0.3) is 0 Å². The number of anilines is 1. The summed E-state index contributed by atoms with van der Waals surface area (Å²) < 4.78 is 5.14. The Morgan fingerprint density at radius 1 is 1.21 bits per heavy atom. The van der Waals surface area contributed by atoms with Crippen molar-refractivity contribution in [1.82, 2.24) is 4.98 Å². The summed E-state index contributed by atoms with van der Waals surface area (Å²) in [5.41, 5.74) is 5.08. The molecule has 1 heterocycles. The summed E-state index contributed by atoms with van der Waals surface area (Å²) in [5.74, 6) is 0. The lowest BCUT2D eigenvalue weighted by atomic mass is 9.92. The van der Waals surface area contributed by atoms with E-state index in [1.54, 1.807) is 7.11 Å². The number of hydrogen-bond donors (Lipinski definition) is 1. The van der Waals surface area contributed by atoms with Crippen LogP contribution in [-0.2, 0) is 17.6 Å². The molecule has 0 radical (unpaired) electrons. The SMILES string of the molecule is COCCNc1c2c(nc3ccccc13)CCCC2. The van der Waals surface area contributed by atoms with Gasteiger partial charge in [0.2, 0.25) is 0 Å². The predicted octanol–water partition coefficient (Wildman–Crippen LogP) is 3.17. The first-order valence-corrected chi connectivity index (χ1v) is 7.03. The summed E-state index contributed by atoms with van der Waals surface area (Å²) in [6, 6.07) is 8.41. The van der Waals surface area contributed by atoms with Gasteiger partial charge < -0.3 is 10.1 Å². The normalized spacial score (nSPS) is 14.4. The second-order valence-corrected chi connectivity index (χ2v) is 5.06. The van der Waals surface area contributed by atoms with Crippen molar-refractivity contribution in [2.24, 2.45) is 0 Å². The highest BCUT2D eigenvalue weighted by molar-refractivity contribution is 5.93. The molecular formula is C16H20N2O. The van der Waals surface area contributed by atoms with E-state index in [9.17, 15) is 0 Å². The monoisotopic (exact) mass is 256 g/mol. The molecule has 3 nitrogen and oxygen atoms in total. The molecule has 0 saturated heterocycles. The number of aryl methyl sites for hydroxylation is 1. The van der Waals surface area contributed by atoms with Crippen LogP contribution in [0.15, 0.2) is 24.3 Å². The van der Waals surface area contributed by atoms with E-state index in [1.807, 2.05) is 0 Å². The summed E-state index contributed by atoms with van der Waals surface area (Å²) in [6.07, 6.45) is 4.78. The van der Waals surface area contributed by atoms with Gasteiger partial charge in [-0.15, -0.1) is 0 Å². The molecule has 0 aliphatic heterocycles. The van der Waals surface area contributed by atoms with Crippen LogP contribution in [0, 0.1) is 0 Å². The van der Waals surface area contributed by atoms with Crippen LogP contribution >= 0.6 is 0 Å². The van der Waals surface area contributed by atoms with Gasteiger partial charge in [-0.05, 0) is 37.3 Å². The van der Waals surface area contributed by atoms with Crippen molar-refractivity contribution in [3.63, 3.8) is 0 Å². The van der Waals surface area contributed by atoms with Gasteiger partial charge in [0.05, 0.1) is 12.1 Å². The number of nitrogens with zero attached hydrogens (tertiary/aromatic N) is 1. The third-order valence-corrected chi connectivity index (χ3v) is 3.78. The fourth-order valence-corrected chi connectivity index (χ4v) is 2.85. The molecule has 1 aromatic heterocycles. The van der Waals surface area contributed by atoms with Gasteiger partial charge >= 0.3 is 0 Å². The Hall–Kier alpha value is -1.61. The van der Waals surface area contributed by atoms with Crippen molar-refractivity contribution < 1.29 is 4.74 Å². The second kappa shape index (κ2) is 5.57. The highest BCUT2D eigenvalue weighted by Gasteiger charge is 2.17. The quantitative estimate of drug-likeness (QED) is 0.853. The van der Waals surface area contributed by atoms with Crippen LogP contribution in [-0.4, -0.2) is 25.2 Å². The molecule has 1 aromatic carbocycles. The largest absolute Gasteiger partial charge is 0.383 e. The Morgan fingerprint density at radius 2 is 2.05 bits per heavy atom. The number of para-hydroxylation sites is 1. The first-order chi connectivity index (χ1) is 9.40. The number of hydrogen-bond acceptors (Lipinski definition) is 3. The van der Waals surface area contributed by atoms with Crippen molar-refractivity contribution >= 4 is 16.6 Å². The molecule has 0 spiro atoms. The van der Waals surface area contributed by atoms with Crippen LogP contribution in [0.25, 0.3) is 10.9 Å². The van der Waals surface area contributed by atoms with E-state index in [-0.39, 0.29) is 0 Å². The topological polar surface area (TPSA) is 34.1 Å². The Labute approximate surface area is 114 Å². The number of aromatic nitrogens is 1. The number of benzene rings is 1. The molecule has 100 valence electrons. The smallest absolute Gasteiger partial charge is 0.0726 e. The highest BCUT2D eigenvalue weighted by Crippen LogP contribution is 2.32. The van der Waals surface area contributed by atoms with Crippen LogP contribution in [0.1, 0.15) is 24.1 Å². The average Bonchev–Trinajstić information content (AvgIpc) is 2.46. The number of methoxy groups -OCH3 is 1. The predicted molar refractivity (Wildman–Crippen MR) is 78.8 cm³/mol. The van der Waals surface area contributed by atoms with Crippen molar-refractivity contribution in [2.75, 3.05) is 25.6 Å². The van der Waals surface area contributed by atoms with Crippen molar-refractivity contribution in [3.8, 4) is 0 Å². The Bertz CT molecular complexity index is 580. The minimum absolute atomic E-state index is 0.728. The molecule has 0 atom stereocenters. The number of rotatable bonds is 4. The lowest BCUT2D eigenvalue weighted by molar-refractivity contribution is 0.211. The second-order valence-electron chi connectivity index (χ2n) is 5.06. The van der Waals surface area contributed by atoms with Gasteiger partial charge in [0, 0.05) is 30.4 Å². The fourth-order valence-electron chi connectivity index (χ4n) is 2.85. The number of fused-ring (bicyclic) bond motifs is 2. The molecule has 0 saturated carbocycles. The zero-order valence-electron chi connectivity index (χ0n) is 11.4.